The van der Waals surface area contributed by atoms with Gasteiger partial charge in [0.2, 0.25) is 11.8 Å². The summed E-state index contributed by atoms with van der Waals surface area (Å²) in [5.41, 5.74) is 2.77. The Morgan fingerprint density at radius 2 is 1.88 bits per heavy atom. The molecule has 0 aliphatic heterocycles. The van der Waals surface area contributed by atoms with Gasteiger partial charge in [-0.2, -0.15) is 0 Å². The third-order valence-electron chi connectivity index (χ3n) is 3.54. The number of aryl methyl sites for hydroxylation is 1. The molecule has 0 saturated carbocycles. The summed E-state index contributed by atoms with van der Waals surface area (Å²) in [6.07, 6.45) is 3.96. The quantitative estimate of drug-likeness (QED) is 0.564. The van der Waals surface area contributed by atoms with Crippen LogP contribution < -0.4 is 15.4 Å². The molecule has 2 N–H and O–H groups in total. The van der Waals surface area contributed by atoms with Gasteiger partial charge in [-0.05, 0) is 54.8 Å². The minimum atomic E-state index is -0.147. The number of nitrogens with one attached hydrogen (secondary N) is 2. The van der Waals surface area contributed by atoms with Gasteiger partial charge in [0.15, 0.2) is 0 Å². The van der Waals surface area contributed by atoms with Crippen LogP contribution in [0.1, 0.15) is 24.5 Å². The maximum atomic E-state index is 11.8. The van der Waals surface area contributed by atoms with Crippen LogP contribution in [-0.2, 0) is 9.59 Å². The Labute approximate surface area is 154 Å². The highest BCUT2D eigenvalue weighted by Crippen LogP contribution is 2.12. The lowest BCUT2D eigenvalue weighted by atomic mass is 10.2. The Morgan fingerprint density at radius 1 is 1.12 bits per heavy atom. The third-order valence-corrected chi connectivity index (χ3v) is 3.54. The molecule has 0 fully saturated rings. The highest BCUT2D eigenvalue weighted by Gasteiger charge is 1.98. The van der Waals surface area contributed by atoms with Crippen molar-refractivity contribution < 1.29 is 14.3 Å². The summed E-state index contributed by atoms with van der Waals surface area (Å²) in [5, 5.41) is 5.52. The standard InChI is InChI=1S/C21H24N2O3/c1-16-5-3-6-20(15-16)26-14-4-13-22-21(25)12-9-18-7-10-19(11-8-18)23-17(2)24/h3,5-12,15H,4,13-14H2,1-2H3,(H,22,25)(H,23,24)/b12-9+. The molecular weight excluding hydrogens is 328 g/mol. The fourth-order valence-electron chi connectivity index (χ4n) is 2.29. The summed E-state index contributed by atoms with van der Waals surface area (Å²) in [6, 6.07) is 15.1. The first-order chi connectivity index (χ1) is 12.5. The molecule has 0 heterocycles. The van der Waals surface area contributed by atoms with Gasteiger partial charge in [-0.25, -0.2) is 0 Å². The Hall–Kier alpha value is -3.08. The number of hydrogen-bond acceptors (Lipinski definition) is 3. The van der Waals surface area contributed by atoms with Crippen molar-refractivity contribution in [3.05, 3.63) is 65.7 Å². The smallest absolute Gasteiger partial charge is 0.244 e. The van der Waals surface area contributed by atoms with Crippen molar-refractivity contribution in [1.82, 2.24) is 5.32 Å². The first kappa shape index (κ1) is 19.2. The zero-order chi connectivity index (χ0) is 18.8. The maximum Gasteiger partial charge on any atom is 0.244 e. The number of benzene rings is 2. The van der Waals surface area contributed by atoms with E-state index in [4.69, 9.17) is 4.74 Å². The van der Waals surface area contributed by atoms with Crippen LogP contribution in [0.5, 0.6) is 5.75 Å². The predicted octanol–water partition coefficient (Wildman–Crippen LogP) is 3.55. The fourth-order valence-corrected chi connectivity index (χ4v) is 2.29. The third kappa shape index (κ3) is 7.21. The normalized spacial score (nSPS) is 10.5. The summed E-state index contributed by atoms with van der Waals surface area (Å²) in [4.78, 5) is 22.8. The predicted molar refractivity (Wildman–Crippen MR) is 104 cm³/mol. The van der Waals surface area contributed by atoms with Crippen LogP contribution in [0.4, 0.5) is 5.69 Å². The molecule has 0 atom stereocenters. The summed E-state index contributed by atoms with van der Waals surface area (Å²) in [6.45, 7) is 4.59. The zero-order valence-corrected chi connectivity index (χ0v) is 15.1. The van der Waals surface area contributed by atoms with Gasteiger partial charge in [0, 0.05) is 25.2 Å². The van der Waals surface area contributed by atoms with Crippen LogP contribution in [0, 0.1) is 6.92 Å². The van der Waals surface area contributed by atoms with Crippen molar-refractivity contribution in [1.29, 1.82) is 0 Å². The lowest BCUT2D eigenvalue weighted by molar-refractivity contribution is -0.116. The van der Waals surface area contributed by atoms with Crippen LogP contribution in [0.25, 0.3) is 6.08 Å². The maximum absolute atomic E-state index is 11.8. The van der Waals surface area contributed by atoms with Crippen LogP contribution in [0.3, 0.4) is 0 Å². The molecule has 2 aromatic carbocycles. The molecule has 0 aliphatic rings. The van der Waals surface area contributed by atoms with E-state index in [9.17, 15) is 9.59 Å². The van der Waals surface area contributed by atoms with Gasteiger partial charge in [0.1, 0.15) is 5.75 Å². The molecule has 5 nitrogen and oxygen atoms in total. The molecule has 5 heteroatoms. The van der Waals surface area contributed by atoms with Crippen molar-refractivity contribution >= 4 is 23.6 Å². The van der Waals surface area contributed by atoms with Crippen LogP contribution in [0.2, 0.25) is 0 Å². The monoisotopic (exact) mass is 352 g/mol. The second-order valence-electron chi connectivity index (χ2n) is 5.95. The van der Waals surface area contributed by atoms with E-state index in [0.717, 1.165) is 29.0 Å². The fraction of sp³-hybridized carbons (Fsp3) is 0.238. The minimum absolute atomic E-state index is 0.112. The average Bonchev–Trinajstić information content (AvgIpc) is 2.60. The van der Waals surface area contributed by atoms with Crippen molar-refractivity contribution in [3.63, 3.8) is 0 Å². The van der Waals surface area contributed by atoms with Crippen molar-refractivity contribution in [3.8, 4) is 5.75 Å². The highest BCUT2D eigenvalue weighted by molar-refractivity contribution is 5.92. The SMILES string of the molecule is CC(=O)Nc1ccc(/C=C/C(=O)NCCCOc2cccc(C)c2)cc1. The molecule has 2 rings (SSSR count). The average molecular weight is 352 g/mol. The van der Waals surface area contributed by atoms with E-state index < -0.39 is 0 Å². The van der Waals surface area contributed by atoms with Crippen LogP contribution in [-0.4, -0.2) is 25.0 Å². The topological polar surface area (TPSA) is 67.4 Å². The Bertz CT molecular complexity index is 767. The molecule has 0 bridgehead atoms. The molecule has 0 aliphatic carbocycles. The van der Waals surface area contributed by atoms with E-state index >= 15 is 0 Å². The second kappa shape index (κ2) is 10.0. The van der Waals surface area contributed by atoms with Gasteiger partial charge >= 0.3 is 0 Å². The summed E-state index contributed by atoms with van der Waals surface area (Å²) in [7, 11) is 0. The summed E-state index contributed by atoms with van der Waals surface area (Å²) in [5.74, 6) is 0.587. The Morgan fingerprint density at radius 3 is 2.58 bits per heavy atom. The van der Waals surface area contributed by atoms with E-state index in [-0.39, 0.29) is 11.8 Å². The summed E-state index contributed by atoms with van der Waals surface area (Å²) < 4.78 is 5.64. The van der Waals surface area contributed by atoms with Crippen molar-refractivity contribution in [2.24, 2.45) is 0 Å². The van der Waals surface area contributed by atoms with Gasteiger partial charge in [0.25, 0.3) is 0 Å². The van der Waals surface area contributed by atoms with Crippen LogP contribution in [0.15, 0.2) is 54.6 Å². The summed E-state index contributed by atoms with van der Waals surface area (Å²) >= 11 is 0. The number of anilines is 1. The van der Waals surface area contributed by atoms with E-state index in [0.29, 0.717) is 13.2 Å². The van der Waals surface area contributed by atoms with Gasteiger partial charge in [-0.3, -0.25) is 9.59 Å². The van der Waals surface area contributed by atoms with E-state index in [1.807, 2.05) is 43.3 Å². The molecule has 0 aromatic heterocycles. The van der Waals surface area contributed by atoms with Crippen LogP contribution >= 0.6 is 0 Å². The number of rotatable bonds is 8. The molecule has 2 aromatic rings. The molecule has 0 spiro atoms. The molecule has 2 amide bonds. The lowest BCUT2D eigenvalue weighted by Gasteiger charge is -2.07. The van der Waals surface area contributed by atoms with Gasteiger partial charge in [-0.1, -0.05) is 24.3 Å². The highest BCUT2D eigenvalue weighted by atomic mass is 16.5. The number of carbonyl (C=O) groups is 2. The van der Waals surface area contributed by atoms with E-state index in [2.05, 4.69) is 10.6 Å². The minimum Gasteiger partial charge on any atom is -0.494 e. The van der Waals surface area contributed by atoms with Crippen molar-refractivity contribution in [2.45, 2.75) is 20.3 Å². The Kier molecular flexibility index (Phi) is 7.43. The van der Waals surface area contributed by atoms with Gasteiger partial charge in [-0.15, -0.1) is 0 Å². The zero-order valence-electron chi connectivity index (χ0n) is 15.1. The molecule has 26 heavy (non-hydrogen) atoms. The molecule has 0 radical (unpaired) electrons. The molecule has 0 saturated heterocycles. The molecule has 0 unspecified atom stereocenters. The van der Waals surface area contributed by atoms with E-state index in [1.54, 1.807) is 18.2 Å². The lowest BCUT2D eigenvalue weighted by Crippen LogP contribution is -2.23. The Balaban J connectivity index is 1.66. The number of carbonyl (C=O) groups excluding carboxylic acids is 2. The number of hydrogen-bond donors (Lipinski definition) is 2. The number of ether oxygens (including phenoxy) is 1. The molecule has 136 valence electrons. The first-order valence-electron chi connectivity index (χ1n) is 8.56. The molecular formula is C21H24N2O3. The van der Waals surface area contributed by atoms with Crippen molar-refractivity contribution in [2.75, 3.05) is 18.5 Å². The number of amides is 2. The largest absolute Gasteiger partial charge is 0.494 e. The van der Waals surface area contributed by atoms with Gasteiger partial charge < -0.3 is 15.4 Å². The second-order valence-corrected chi connectivity index (χ2v) is 5.95. The van der Waals surface area contributed by atoms with E-state index in [1.165, 1.54) is 13.0 Å². The first-order valence-corrected chi connectivity index (χ1v) is 8.56. The van der Waals surface area contributed by atoms with Gasteiger partial charge in [0.05, 0.1) is 6.61 Å².